The molecular weight excluding hydrogens is 164 g/mol. The minimum atomic E-state index is 0.524. The highest BCUT2D eigenvalue weighted by atomic mass is 16.7. The molecule has 1 heterocycles. The molecule has 0 saturated heterocycles. The first kappa shape index (κ1) is 7.92. The van der Waals surface area contributed by atoms with Crippen molar-refractivity contribution in [3.63, 3.8) is 0 Å². The van der Waals surface area contributed by atoms with E-state index in [0.29, 0.717) is 6.61 Å². The van der Waals surface area contributed by atoms with Crippen LogP contribution >= 0.6 is 0 Å². The summed E-state index contributed by atoms with van der Waals surface area (Å²) >= 11 is 0. The molecule has 0 spiro atoms. The molecule has 1 aliphatic rings. The SMILES string of the molecule is C1=C[N]N(OCc2ccccc2)C=1. The van der Waals surface area contributed by atoms with Gasteiger partial charge in [-0.05, 0) is 5.56 Å². The zero-order chi connectivity index (χ0) is 8.93. The summed E-state index contributed by atoms with van der Waals surface area (Å²) in [6, 6.07) is 9.95. The van der Waals surface area contributed by atoms with E-state index < -0.39 is 0 Å². The Morgan fingerprint density at radius 2 is 2.15 bits per heavy atom. The summed E-state index contributed by atoms with van der Waals surface area (Å²) in [6.45, 7) is 0.524. The van der Waals surface area contributed by atoms with Crippen molar-refractivity contribution in [2.45, 2.75) is 6.61 Å². The molecule has 0 aliphatic carbocycles. The van der Waals surface area contributed by atoms with Crippen molar-refractivity contribution in [3.05, 3.63) is 54.0 Å². The van der Waals surface area contributed by atoms with Crippen LogP contribution in [0.2, 0.25) is 0 Å². The van der Waals surface area contributed by atoms with E-state index >= 15 is 0 Å². The van der Waals surface area contributed by atoms with Crippen LogP contribution in [0, 0.1) is 0 Å². The van der Waals surface area contributed by atoms with Gasteiger partial charge in [-0.15, -0.1) is 10.6 Å². The number of hydrogen-bond acceptors (Lipinski definition) is 2. The lowest BCUT2D eigenvalue weighted by Crippen LogP contribution is -2.20. The van der Waals surface area contributed by atoms with Crippen LogP contribution in [0.1, 0.15) is 5.56 Å². The van der Waals surface area contributed by atoms with Gasteiger partial charge in [0.1, 0.15) is 6.61 Å². The van der Waals surface area contributed by atoms with Crippen LogP contribution < -0.4 is 5.43 Å². The fourth-order valence-corrected chi connectivity index (χ4v) is 1.01. The van der Waals surface area contributed by atoms with E-state index in [1.165, 1.54) is 5.17 Å². The molecule has 3 nitrogen and oxygen atoms in total. The lowest BCUT2D eigenvalue weighted by molar-refractivity contribution is -0.157. The number of nitrogens with zero attached hydrogens (tertiary/aromatic N) is 2. The predicted octanol–water partition coefficient (Wildman–Crippen LogP) is 1.58. The fraction of sp³-hybridized carbons (Fsp3) is 0.100. The van der Waals surface area contributed by atoms with Gasteiger partial charge in [0, 0.05) is 0 Å². The molecule has 1 radical (unpaired) electrons. The van der Waals surface area contributed by atoms with Crippen LogP contribution in [-0.2, 0) is 11.4 Å². The Bertz CT molecular complexity index is 328. The number of benzene rings is 1. The topological polar surface area (TPSA) is 26.6 Å². The molecule has 1 aromatic rings. The Morgan fingerprint density at radius 1 is 1.31 bits per heavy atom. The summed E-state index contributed by atoms with van der Waals surface area (Å²) in [5, 5.41) is 1.40. The van der Waals surface area contributed by atoms with Crippen LogP contribution in [0.15, 0.2) is 48.5 Å². The Morgan fingerprint density at radius 3 is 2.85 bits per heavy atom. The molecule has 2 rings (SSSR count). The monoisotopic (exact) mass is 173 g/mol. The molecule has 0 unspecified atom stereocenters. The zero-order valence-electron chi connectivity index (χ0n) is 7.05. The number of rotatable bonds is 3. The van der Waals surface area contributed by atoms with Gasteiger partial charge in [-0.25, -0.2) is 4.84 Å². The van der Waals surface area contributed by atoms with Crippen LogP contribution in [0.25, 0.3) is 0 Å². The molecule has 0 atom stereocenters. The Hall–Kier alpha value is -1.70. The third-order valence-electron chi connectivity index (χ3n) is 1.64. The smallest absolute Gasteiger partial charge is 0.102 e. The van der Waals surface area contributed by atoms with Crippen LogP contribution in [0.3, 0.4) is 0 Å². The number of hydroxylamine groups is 1. The highest BCUT2D eigenvalue weighted by Crippen LogP contribution is 2.03. The minimum absolute atomic E-state index is 0.524. The van der Waals surface area contributed by atoms with Crippen molar-refractivity contribution in [3.8, 4) is 0 Å². The standard InChI is InChI=1S/C10H9N2O/c1-2-5-10(6-3-1)9-13-12-8-4-7-11-12/h1-3,5-8H,9H2. The lowest BCUT2D eigenvalue weighted by Gasteiger charge is -2.11. The predicted molar refractivity (Wildman–Crippen MR) is 47.9 cm³/mol. The average Bonchev–Trinajstić information content (AvgIpc) is 2.69. The van der Waals surface area contributed by atoms with Crippen molar-refractivity contribution in [1.82, 2.24) is 10.6 Å². The molecule has 0 amide bonds. The second kappa shape index (κ2) is 3.81. The van der Waals surface area contributed by atoms with E-state index in [1.807, 2.05) is 30.3 Å². The quantitative estimate of drug-likeness (QED) is 0.649. The Kier molecular flexibility index (Phi) is 2.32. The van der Waals surface area contributed by atoms with Gasteiger partial charge in [0.15, 0.2) is 0 Å². The maximum Gasteiger partial charge on any atom is 0.102 e. The van der Waals surface area contributed by atoms with Crippen LogP contribution in [-0.4, -0.2) is 5.17 Å². The van der Waals surface area contributed by atoms with Crippen molar-refractivity contribution in [2.75, 3.05) is 0 Å². The normalized spacial score (nSPS) is 13.4. The van der Waals surface area contributed by atoms with E-state index in [9.17, 15) is 0 Å². The van der Waals surface area contributed by atoms with Crippen molar-refractivity contribution >= 4 is 0 Å². The molecule has 13 heavy (non-hydrogen) atoms. The lowest BCUT2D eigenvalue weighted by atomic mass is 10.2. The van der Waals surface area contributed by atoms with Crippen LogP contribution in [0.5, 0.6) is 0 Å². The first-order valence-corrected chi connectivity index (χ1v) is 4.03. The molecule has 1 aromatic carbocycles. The third kappa shape index (κ3) is 2.12. The first-order chi connectivity index (χ1) is 6.45. The van der Waals surface area contributed by atoms with Gasteiger partial charge in [0.25, 0.3) is 0 Å². The average molecular weight is 173 g/mol. The van der Waals surface area contributed by atoms with E-state index in [2.05, 4.69) is 11.2 Å². The summed E-state index contributed by atoms with van der Waals surface area (Å²) < 4.78 is 0. The van der Waals surface area contributed by atoms with Crippen LogP contribution in [0.4, 0.5) is 0 Å². The highest BCUT2D eigenvalue weighted by Gasteiger charge is 2.01. The summed E-state index contributed by atoms with van der Waals surface area (Å²) in [4.78, 5) is 5.31. The summed E-state index contributed by atoms with van der Waals surface area (Å²) in [6.07, 6.45) is 3.20. The van der Waals surface area contributed by atoms with Crippen molar-refractivity contribution < 1.29 is 4.84 Å². The zero-order valence-corrected chi connectivity index (χ0v) is 7.05. The second-order valence-corrected chi connectivity index (χ2v) is 2.60. The molecule has 0 N–H and O–H groups in total. The van der Waals surface area contributed by atoms with Crippen molar-refractivity contribution in [1.29, 1.82) is 0 Å². The molecule has 3 heteroatoms. The number of hydrogen-bond donors (Lipinski definition) is 0. The first-order valence-electron chi connectivity index (χ1n) is 4.03. The highest BCUT2D eigenvalue weighted by molar-refractivity contribution is 5.13. The second-order valence-electron chi connectivity index (χ2n) is 2.60. The molecule has 0 saturated carbocycles. The summed E-state index contributed by atoms with van der Waals surface area (Å²) in [5.74, 6) is 0. The molecule has 1 aliphatic heterocycles. The summed E-state index contributed by atoms with van der Waals surface area (Å²) in [5.41, 5.74) is 7.79. The van der Waals surface area contributed by atoms with E-state index in [4.69, 9.17) is 4.84 Å². The van der Waals surface area contributed by atoms with Gasteiger partial charge in [-0.2, -0.15) is 0 Å². The minimum Gasteiger partial charge on any atom is -0.247 e. The largest absolute Gasteiger partial charge is 0.247 e. The van der Waals surface area contributed by atoms with Gasteiger partial charge >= 0.3 is 0 Å². The maximum absolute atomic E-state index is 5.31. The van der Waals surface area contributed by atoms with Gasteiger partial charge in [0.2, 0.25) is 0 Å². The van der Waals surface area contributed by atoms with Gasteiger partial charge < -0.3 is 0 Å². The van der Waals surface area contributed by atoms with Crippen molar-refractivity contribution in [2.24, 2.45) is 0 Å². The van der Waals surface area contributed by atoms with Gasteiger partial charge in [-0.1, -0.05) is 36.1 Å². The molecule has 0 aromatic heterocycles. The molecule has 65 valence electrons. The summed E-state index contributed by atoms with van der Waals surface area (Å²) in [7, 11) is 0. The van der Waals surface area contributed by atoms with E-state index in [-0.39, 0.29) is 0 Å². The van der Waals surface area contributed by atoms with E-state index in [1.54, 1.807) is 12.4 Å². The molecular formula is C10H9N2O. The van der Waals surface area contributed by atoms with Gasteiger partial charge in [0.05, 0.1) is 12.4 Å². The Balaban J connectivity index is 1.83. The maximum atomic E-state index is 5.31. The Labute approximate surface area is 76.9 Å². The van der Waals surface area contributed by atoms with E-state index in [0.717, 1.165) is 5.56 Å². The fourth-order valence-electron chi connectivity index (χ4n) is 1.01. The third-order valence-corrected chi connectivity index (χ3v) is 1.64. The molecule has 0 fully saturated rings. The molecule has 0 bridgehead atoms. The van der Waals surface area contributed by atoms with Gasteiger partial charge in [-0.3, -0.25) is 0 Å².